The predicted octanol–water partition coefficient (Wildman–Crippen LogP) is 2.67. The van der Waals surface area contributed by atoms with Crippen molar-refractivity contribution >= 4 is 20.0 Å². The number of piperidine rings is 1. The molecule has 2 aliphatic heterocycles. The van der Waals surface area contributed by atoms with Crippen molar-refractivity contribution in [3.05, 3.63) is 24.3 Å². The molecule has 6 nitrogen and oxygen atoms in total. The minimum atomic E-state index is -3.57. The van der Waals surface area contributed by atoms with E-state index in [1.807, 2.05) is 0 Å². The first-order valence-corrected chi connectivity index (χ1v) is 12.9. The Balaban J connectivity index is 1.52. The Morgan fingerprint density at radius 3 is 1.74 bits per heavy atom. The molecule has 2 atom stereocenters. The molecule has 0 radical (unpaired) electrons. The van der Waals surface area contributed by atoms with Crippen LogP contribution >= 0.6 is 0 Å². The highest BCUT2D eigenvalue weighted by Crippen LogP contribution is 2.37. The highest BCUT2D eigenvalue weighted by atomic mass is 32.2. The molecule has 0 amide bonds. The van der Waals surface area contributed by atoms with Gasteiger partial charge in [0.2, 0.25) is 20.0 Å². The van der Waals surface area contributed by atoms with Crippen LogP contribution in [-0.4, -0.2) is 51.6 Å². The summed E-state index contributed by atoms with van der Waals surface area (Å²) in [6, 6.07) is 5.78. The zero-order chi connectivity index (χ0) is 19.1. The number of hydrogen-bond acceptors (Lipinski definition) is 4. The second-order valence-electron chi connectivity index (χ2n) is 8.04. The van der Waals surface area contributed by atoms with E-state index in [4.69, 9.17) is 0 Å². The Labute approximate surface area is 162 Å². The zero-order valence-electron chi connectivity index (χ0n) is 15.6. The van der Waals surface area contributed by atoms with Gasteiger partial charge < -0.3 is 0 Å². The quantitative estimate of drug-likeness (QED) is 0.762. The van der Waals surface area contributed by atoms with Crippen LogP contribution in [0.4, 0.5) is 0 Å². The lowest BCUT2D eigenvalue weighted by atomic mass is 9.76. The van der Waals surface area contributed by atoms with Gasteiger partial charge in [0.05, 0.1) is 9.79 Å². The maximum absolute atomic E-state index is 13.0. The number of hydrogen-bond donors (Lipinski definition) is 0. The molecule has 3 aliphatic rings. The summed E-state index contributed by atoms with van der Waals surface area (Å²) in [4.78, 5) is 0.367. The van der Waals surface area contributed by atoms with Crippen molar-refractivity contribution in [3.8, 4) is 0 Å². The molecule has 0 unspecified atom stereocenters. The minimum absolute atomic E-state index is 0.175. The van der Waals surface area contributed by atoms with Crippen molar-refractivity contribution < 1.29 is 16.8 Å². The summed E-state index contributed by atoms with van der Waals surface area (Å²) >= 11 is 0. The number of benzene rings is 1. The summed E-state index contributed by atoms with van der Waals surface area (Å²) in [7, 11) is -7.09. The first-order valence-electron chi connectivity index (χ1n) is 9.99. The Bertz CT molecular complexity index is 875. The van der Waals surface area contributed by atoms with Crippen molar-refractivity contribution in [1.29, 1.82) is 0 Å². The third-order valence-electron chi connectivity index (χ3n) is 6.42. The van der Waals surface area contributed by atoms with Crippen LogP contribution in [0.15, 0.2) is 34.1 Å². The third-order valence-corrected chi connectivity index (χ3v) is 10.2. The maximum Gasteiger partial charge on any atom is 0.243 e. The van der Waals surface area contributed by atoms with Crippen LogP contribution in [0.2, 0.25) is 0 Å². The Kier molecular flexibility index (Phi) is 5.35. The van der Waals surface area contributed by atoms with Gasteiger partial charge in [-0.15, -0.1) is 0 Å². The number of fused-ring (bicyclic) bond motifs is 1. The third kappa shape index (κ3) is 3.69. The van der Waals surface area contributed by atoms with E-state index in [0.29, 0.717) is 38.0 Å². The minimum Gasteiger partial charge on any atom is -0.207 e. The fourth-order valence-corrected chi connectivity index (χ4v) is 7.82. The molecule has 1 aromatic carbocycles. The fraction of sp³-hybridized carbons (Fsp3) is 0.684. The standard InChI is InChI=1S/C19H28N2O4S2/c22-26(23,20-12-3-4-13-20)18-7-9-19(10-8-18)27(24,25)21-14-11-16-5-1-2-6-17(16)15-21/h7-10,16-17H,1-6,11-15H2/t16-,17+/m0/s1. The summed E-state index contributed by atoms with van der Waals surface area (Å²) in [5.41, 5.74) is 0. The molecule has 1 aliphatic carbocycles. The van der Waals surface area contributed by atoms with E-state index >= 15 is 0 Å². The second kappa shape index (κ2) is 7.46. The maximum atomic E-state index is 13.0. The summed E-state index contributed by atoms with van der Waals surface area (Å²) in [5, 5.41) is 0. The molecule has 3 fully saturated rings. The number of rotatable bonds is 4. The lowest BCUT2D eigenvalue weighted by Crippen LogP contribution is -2.44. The van der Waals surface area contributed by atoms with Crippen LogP contribution in [0.25, 0.3) is 0 Å². The van der Waals surface area contributed by atoms with Gasteiger partial charge in [-0.2, -0.15) is 8.61 Å². The SMILES string of the molecule is O=S(=O)(c1ccc(S(=O)(=O)N2CC[C@@H]3CCCC[C@@H]3C2)cc1)N1CCCC1. The van der Waals surface area contributed by atoms with Crippen molar-refractivity contribution in [2.24, 2.45) is 11.8 Å². The molecule has 0 spiro atoms. The van der Waals surface area contributed by atoms with Crippen molar-refractivity contribution in [2.75, 3.05) is 26.2 Å². The van der Waals surface area contributed by atoms with Gasteiger partial charge in [0.15, 0.2) is 0 Å². The second-order valence-corrected chi connectivity index (χ2v) is 11.9. The van der Waals surface area contributed by atoms with Crippen molar-refractivity contribution in [2.45, 2.75) is 54.7 Å². The van der Waals surface area contributed by atoms with Crippen molar-refractivity contribution in [1.82, 2.24) is 8.61 Å². The van der Waals surface area contributed by atoms with E-state index in [-0.39, 0.29) is 9.79 Å². The van der Waals surface area contributed by atoms with Gasteiger partial charge in [-0.3, -0.25) is 0 Å². The van der Waals surface area contributed by atoms with Crippen LogP contribution in [0.3, 0.4) is 0 Å². The lowest BCUT2D eigenvalue weighted by molar-refractivity contribution is 0.136. The lowest BCUT2D eigenvalue weighted by Gasteiger charge is -2.40. The van der Waals surface area contributed by atoms with Crippen LogP contribution in [0.1, 0.15) is 44.9 Å². The Morgan fingerprint density at radius 1 is 0.630 bits per heavy atom. The molecular weight excluding hydrogens is 384 g/mol. The van der Waals surface area contributed by atoms with Gasteiger partial charge in [0.25, 0.3) is 0 Å². The van der Waals surface area contributed by atoms with Crippen molar-refractivity contribution in [3.63, 3.8) is 0 Å². The van der Waals surface area contributed by atoms with Gasteiger partial charge in [-0.25, -0.2) is 16.8 Å². The van der Waals surface area contributed by atoms with E-state index in [1.165, 1.54) is 47.8 Å². The van der Waals surface area contributed by atoms with E-state index in [1.54, 1.807) is 4.31 Å². The molecule has 2 saturated heterocycles. The average Bonchev–Trinajstić information content (AvgIpc) is 3.23. The first-order chi connectivity index (χ1) is 12.9. The molecule has 150 valence electrons. The van der Waals surface area contributed by atoms with Gasteiger partial charge in [0.1, 0.15) is 0 Å². The average molecular weight is 413 g/mol. The summed E-state index contributed by atoms with van der Waals surface area (Å²) in [5.74, 6) is 1.13. The van der Waals surface area contributed by atoms with Gasteiger partial charge >= 0.3 is 0 Å². The first kappa shape index (κ1) is 19.4. The number of nitrogens with zero attached hydrogens (tertiary/aromatic N) is 2. The predicted molar refractivity (Wildman–Crippen MR) is 103 cm³/mol. The molecule has 4 rings (SSSR count). The zero-order valence-corrected chi connectivity index (χ0v) is 17.2. The van der Waals surface area contributed by atoms with Crippen LogP contribution < -0.4 is 0 Å². The number of sulfonamides is 2. The van der Waals surface area contributed by atoms with Gasteiger partial charge in [-0.05, 0) is 61.8 Å². The topological polar surface area (TPSA) is 74.8 Å². The molecule has 1 aromatic rings. The monoisotopic (exact) mass is 412 g/mol. The summed E-state index contributed by atoms with van der Waals surface area (Å²) in [6.45, 7) is 2.25. The molecule has 0 bridgehead atoms. The van der Waals surface area contributed by atoms with Crippen LogP contribution in [-0.2, 0) is 20.0 Å². The highest BCUT2D eigenvalue weighted by Gasteiger charge is 2.36. The van der Waals surface area contributed by atoms with Crippen LogP contribution in [0.5, 0.6) is 0 Å². The smallest absolute Gasteiger partial charge is 0.207 e. The normalized spacial score (nSPS) is 28.1. The Hall–Kier alpha value is -0.960. The molecule has 8 heteroatoms. The Morgan fingerprint density at radius 2 is 1.15 bits per heavy atom. The van der Waals surface area contributed by atoms with Gasteiger partial charge in [-0.1, -0.05) is 19.3 Å². The molecule has 2 heterocycles. The molecule has 0 N–H and O–H groups in total. The van der Waals surface area contributed by atoms with E-state index in [0.717, 1.165) is 25.7 Å². The molecule has 27 heavy (non-hydrogen) atoms. The molecule has 1 saturated carbocycles. The fourth-order valence-electron chi connectivity index (χ4n) is 4.80. The van der Waals surface area contributed by atoms with Crippen LogP contribution in [0, 0.1) is 11.8 Å². The van der Waals surface area contributed by atoms with E-state index in [2.05, 4.69) is 0 Å². The summed E-state index contributed by atoms with van der Waals surface area (Å²) < 4.78 is 54.4. The largest absolute Gasteiger partial charge is 0.243 e. The summed E-state index contributed by atoms with van der Waals surface area (Å²) in [6.07, 6.45) is 7.49. The van der Waals surface area contributed by atoms with E-state index < -0.39 is 20.0 Å². The van der Waals surface area contributed by atoms with Gasteiger partial charge in [0, 0.05) is 26.2 Å². The molecular formula is C19H28N2O4S2. The molecule has 0 aromatic heterocycles. The van der Waals surface area contributed by atoms with E-state index in [9.17, 15) is 16.8 Å². The highest BCUT2D eigenvalue weighted by molar-refractivity contribution is 7.89.